The highest BCUT2D eigenvalue weighted by atomic mass is 35.5. The van der Waals surface area contributed by atoms with Gasteiger partial charge in [0.1, 0.15) is 11.5 Å². The van der Waals surface area contributed by atoms with Crippen molar-refractivity contribution in [2.75, 3.05) is 6.26 Å². The molecule has 0 aliphatic carbocycles. The second kappa shape index (κ2) is 5.81. The molecule has 0 N–H and O–H groups in total. The number of pyridine rings is 1. The molecule has 4 nitrogen and oxygen atoms in total. The molecule has 2 rings (SSSR count). The topological polar surface area (TPSA) is 56.3 Å². The Bertz CT molecular complexity index is 729. The van der Waals surface area contributed by atoms with Crippen molar-refractivity contribution in [3.8, 4) is 11.5 Å². The van der Waals surface area contributed by atoms with Gasteiger partial charge in [-0.15, -0.1) is 11.6 Å². The van der Waals surface area contributed by atoms with E-state index < -0.39 is 9.84 Å². The minimum absolute atomic E-state index is 0.216. The minimum atomic E-state index is -3.26. The first-order chi connectivity index (χ1) is 9.40. The summed E-state index contributed by atoms with van der Waals surface area (Å²) in [4.78, 5) is 4.36. The van der Waals surface area contributed by atoms with Crippen LogP contribution in [-0.4, -0.2) is 19.7 Å². The molecule has 0 bridgehead atoms. The number of ether oxygens (including phenoxy) is 1. The number of hydrogen-bond donors (Lipinski definition) is 0. The van der Waals surface area contributed by atoms with E-state index in [1.165, 1.54) is 12.1 Å². The summed E-state index contributed by atoms with van der Waals surface area (Å²) in [6.45, 7) is 1.85. The van der Waals surface area contributed by atoms with E-state index >= 15 is 0 Å². The van der Waals surface area contributed by atoms with Crippen molar-refractivity contribution >= 4 is 21.4 Å². The number of hydrogen-bond acceptors (Lipinski definition) is 4. The molecule has 0 radical (unpaired) electrons. The molecule has 0 atom stereocenters. The van der Waals surface area contributed by atoms with Crippen LogP contribution >= 0.6 is 11.6 Å². The van der Waals surface area contributed by atoms with E-state index in [2.05, 4.69) is 4.98 Å². The van der Waals surface area contributed by atoms with Crippen molar-refractivity contribution in [3.05, 3.63) is 47.8 Å². The van der Waals surface area contributed by atoms with Crippen LogP contribution < -0.4 is 4.74 Å². The van der Waals surface area contributed by atoms with Gasteiger partial charge >= 0.3 is 0 Å². The van der Waals surface area contributed by atoms with E-state index in [1.54, 1.807) is 24.4 Å². The quantitative estimate of drug-likeness (QED) is 0.813. The third-order valence-electron chi connectivity index (χ3n) is 2.69. The molecule has 106 valence electrons. The van der Waals surface area contributed by atoms with Gasteiger partial charge in [0.05, 0.1) is 10.8 Å². The Morgan fingerprint density at radius 2 is 2.05 bits per heavy atom. The molecule has 6 heteroatoms. The van der Waals surface area contributed by atoms with Crippen LogP contribution in [0.3, 0.4) is 0 Å². The summed E-state index contributed by atoms with van der Waals surface area (Å²) in [5.41, 5.74) is 1.55. The molecule has 0 saturated heterocycles. The second-order valence-corrected chi connectivity index (χ2v) is 6.70. The van der Waals surface area contributed by atoms with Crippen LogP contribution in [0.2, 0.25) is 0 Å². The predicted octanol–water partition coefficient (Wildman–Crippen LogP) is 3.32. The van der Waals surface area contributed by atoms with Gasteiger partial charge < -0.3 is 4.74 Å². The Balaban J connectivity index is 2.38. The highest BCUT2D eigenvalue weighted by Gasteiger charge is 2.10. The fourth-order valence-corrected chi connectivity index (χ4v) is 2.51. The van der Waals surface area contributed by atoms with Gasteiger partial charge in [-0.1, -0.05) is 6.07 Å². The summed E-state index contributed by atoms with van der Waals surface area (Å²) in [6.07, 6.45) is 2.81. The Hall–Kier alpha value is -1.59. The van der Waals surface area contributed by atoms with Gasteiger partial charge in [0.25, 0.3) is 0 Å². The van der Waals surface area contributed by atoms with Crippen molar-refractivity contribution in [3.63, 3.8) is 0 Å². The zero-order valence-corrected chi connectivity index (χ0v) is 12.7. The Kier molecular flexibility index (Phi) is 4.30. The monoisotopic (exact) mass is 311 g/mol. The molecule has 1 aromatic heterocycles. The number of alkyl halides is 1. The van der Waals surface area contributed by atoms with Gasteiger partial charge in [0.2, 0.25) is 0 Å². The highest BCUT2D eigenvalue weighted by molar-refractivity contribution is 7.90. The third kappa shape index (κ3) is 3.49. The van der Waals surface area contributed by atoms with Crippen molar-refractivity contribution in [2.45, 2.75) is 17.7 Å². The first-order valence-electron chi connectivity index (χ1n) is 5.89. The SMILES string of the molecule is Cc1cc(Oc2cccc(S(C)(=O)=O)c2)c(CCl)cn1. The average Bonchev–Trinajstić information content (AvgIpc) is 2.38. The van der Waals surface area contributed by atoms with Gasteiger partial charge in [-0.25, -0.2) is 8.42 Å². The summed E-state index contributed by atoms with van der Waals surface area (Å²) in [7, 11) is -3.26. The minimum Gasteiger partial charge on any atom is -0.457 e. The molecule has 0 amide bonds. The van der Waals surface area contributed by atoms with Crippen LogP contribution in [0.15, 0.2) is 41.4 Å². The summed E-state index contributed by atoms with van der Waals surface area (Å²) in [6, 6.07) is 8.12. The lowest BCUT2D eigenvalue weighted by molar-refractivity contribution is 0.475. The molecular formula is C14H14ClNO3S. The maximum atomic E-state index is 11.5. The number of benzene rings is 1. The van der Waals surface area contributed by atoms with Crippen LogP contribution in [0.4, 0.5) is 0 Å². The number of aryl methyl sites for hydroxylation is 1. The van der Waals surface area contributed by atoms with Crippen LogP contribution in [0.1, 0.15) is 11.3 Å². The summed E-state index contributed by atoms with van der Waals surface area (Å²) >= 11 is 5.84. The number of sulfone groups is 1. The first-order valence-corrected chi connectivity index (χ1v) is 8.32. The van der Waals surface area contributed by atoms with E-state index in [0.717, 1.165) is 17.5 Å². The molecule has 0 spiro atoms. The molecule has 2 aromatic rings. The number of nitrogens with zero attached hydrogens (tertiary/aromatic N) is 1. The lowest BCUT2D eigenvalue weighted by Crippen LogP contribution is -1.98. The van der Waals surface area contributed by atoms with Gasteiger partial charge in [-0.2, -0.15) is 0 Å². The maximum absolute atomic E-state index is 11.5. The number of aromatic nitrogens is 1. The standard InChI is InChI=1S/C14H14ClNO3S/c1-10-6-14(11(8-15)9-16-10)19-12-4-3-5-13(7-12)20(2,17)18/h3-7,9H,8H2,1-2H3. The van der Waals surface area contributed by atoms with E-state index in [9.17, 15) is 8.42 Å². The largest absolute Gasteiger partial charge is 0.457 e. The Morgan fingerprint density at radius 3 is 2.70 bits per heavy atom. The van der Waals surface area contributed by atoms with Gasteiger partial charge in [0.15, 0.2) is 9.84 Å². The van der Waals surface area contributed by atoms with E-state index in [0.29, 0.717) is 11.5 Å². The summed E-state index contributed by atoms with van der Waals surface area (Å²) in [5, 5.41) is 0. The van der Waals surface area contributed by atoms with Crippen molar-refractivity contribution in [1.82, 2.24) is 4.98 Å². The van der Waals surface area contributed by atoms with Crippen molar-refractivity contribution in [2.24, 2.45) is 0 Å². The molecule has 20 heavy (non-hydrogen) atoms. The first kappa shape index (κ1) is 14.8. The van der Waals surface area contributed by atoms with E-state index in [1.807, 2.05) is 6.92 Å². The zero-order chi connectivity index (χ0) is 14.8. The second-order valence-electron chi connectivity index (χ2n) is 4.42. The van der Waals surface area contributed by atoms with E-state index in [4.69, 9.17) is 16.3 Å². The fourth-order valence-electron chi connectivity index (χ4n) is 1.65. The molecule has 0 aliphatic heterocycles. The smallest absolute Gasteiger partial charge is 0.175 e. The molecular weight excluding hydrogens is 298 g/mol. The zero-order valence-electron chi connectivity index (χ0n) is 11.1. The van der Waals surface area contributed by atoms with Crippen LogP contribution in [0.5, 0.6) is 11.5 Å². The molecule has 0 unspecified atom stereocenters. The normalized spacial score (nSPS) is 11.3. The molecule has 1 heterocycles. The average molecular weight is 312 g/mol. The molecule has 0 saturated carbocycles. The number of rotatable bonds is 4. The van der Waals surface area contributed by atoms with E-state index in [-0.39, 0.29) is 10.8 Å². The van der Waals surface area contributed by atoms with Gasteiger partial charge in [-0.05, 0) is 25.1 Å². The summed E-state index contributed by atoms with van der Waals surface area (Å²) in [5.74, 6) is 1.30. The van der Waals surface area contributed by atoms with Crippen LogP contribution in [0.25, 0.3) is 0 Å². The number of halogens is 1. The van der Waals surface area contributed by atoms with Crippen LogP contribution in [0, 0.1) is 6.92 Å². The summed E-state index contributed by atoms with van der Waals surface area (Å²) < 4.78 is 28.8. The molecule has 1 aromatic carbocycles. The molecule has 0 aliphatic rings. The highest BCUT2D eigenvalue weighted by Crippen LogP contribution is 2.28. The van der Waals surface area contributed by atoms with Crippen LogP contribution in [-0.2, 0) is 15.7 Å². The molecule has 0 fully saturated rings. The van der Waals surface area contributed by atoms with Gasteiger partial charge in [-0.3, -0.25) is 4.98 Å². The Morgan fingerprint density at radius 1 is 1.30 bits per heavy atom. The van der Waals surface area contributed by atoms with Gasteiger partial charge in [0, 0.05) is 29.8 Å². The predicted molar refractivity (Wildman–Crippen MR) is 78.2 cm³/mol. The lowest BCUT2D eigenvalue weighted by atomic mass is 10.2. The lowest BCUT2D eigenvalue weighted by Gasteiger charge is -2.10. The van der Waals surface area contributed by atoms with Crippen molar-refractivity contribution < 1.29 is 13.2 Å². The maximum Gasteiger partial charge on any atom is 0.175 e. The third-order valence-corrected chi connectivity index (χ3v) is 4.08. The van der Waals surface area contributed by atoms with Crippen molar-refractivity contribution in [1.29, 1.82) is 0 Å². The fraction of sp³-hybridized carbons (Fsp3) is 0.214. The Labute approximate surface area is 123 Å².